The highest BCUT2D eigenvalue weighted by molar-refractivity contribution is 6.05. The zero-order chi connectivity index (χ0) is 21.8. The minimum absolute atomic E-state index is 0.281. The number of nitrogens with two attached hydrogens (primary N) is 1. The number of rotatable bonds is 2. The molecule has 6 rings (SSSR count). The molecule has 4 aromatic rings. The van der Waals surface area contributed by atoms with Crippen molar-refractivity contribution in [2.75, 3.05) is 12.8 Å². The molecule has 3 heterocycles. The maximum atomic E-state index is 12.3. The van der Waals surface area contributed by atoms with Gasteiger partial charge in [0.05, 0.1) is 29.6 Å². The van der Waals surface area contributed by atoms with Crippen molar-refractivity contribution in [3.05, 3.63) is 53.7 Å². The fraction of sp³-hybridized carbons (Fsp3) is 0.370. The van der Waals surface area contributed by atoms with Gasteiger partial charge in [0.15, 0.2) is 0 Å². The normalized spacial score (nSPS) is 16.7. The summed E-state index contributed by atoms with van der Waals surface area (Å²) in [4.78, 5) is 12.3. The Morgan fingerprint density at radius 2 is 1.88 bits per heavy atom. The van der Waals surface area contributed by atoms with Gasteiger partial charge in [-0.25, -0.2) is 4.79 Å². The number of hydrogen-bond donors (Lipinski definition) is 1. The Bertz CT molecular complexity index is 1350. The number of aryl methyl sites for hydroxylation is 2. The van der Waals surface area contributed by atoms with Crippen molar-refractivity contribution in [3.63, 3.8) is 0 Å². The number of benzene rings is 2. The SMILES string of the molecule is COC(=O)c1ccc2c(C3CCCCC3)c3n(c2c1)CCCn1cc(N)c2cccc-3c21. The number of anilines is 1. The van der Waals surface area contributed by atoms with Gasteiger partial charge in [0, 0.05) is 41.1 Å². The van der Waals surface area contributed by atoms with E-state index in [1.807, 2.05) is 12.1 Å². The molecule has 5 nitrogen and oxygen atoms in total. The van der Waals surface area contributed by atoms with Crippen LogP contribution in [-0.2, 0) is 17.8 Å². The van der Waals surface area contributed by atoms with E-state index in [-0.39, 0.29) is 5.97 Å². The number of ether oxygens (including phenoxy) is 1. The van der Waals surface area contributed by atoms with E-state index in [0.29, 0.717) is 11.5 Å². The molecule has 0 spiro atoms. The average molecular weight is 428 g/mol. The Labute approximate surface area is 187 Å². The number of nitrogens with zero attached hydrogens (tertiary/aromatic N) is 2. The van der Waals surface area contributed by atoms with E-state index >= 15 is 0 Å². The molecule has 1 aliphatic carbocycles. The molecule has 5 heteroatoms. The third-order valence-corrected chi connectivity index (χ3v) is 7.50. The molecular weight excluding hydrogens is 398 g/mol. The first-order valence-corrected chi connectivity index (χ1v) is 11.8. The zero-order valence-corrected chi connectivity index (χ0v) is 18.6. The molecule has 1 saturated carbocycles. The Hall–Kier alpha value is -3.21. The predicted molar refractivity (Wildman–Crippen MR) is 129 cm³/mol. The van der Waals surface area contributed by atoms with Crippen molar-refractivity contribution < 1.29 is 9.53 Å². The molecular formula is C27H29N3O2. The summed E-state index contributed by atoms with van der Waals surface area (Å²) in [6, 6.07) is 12.6. The smallest absolute Gasteiger partial charge is 0.337 e. The molecule has 0 bridgehead atoms. The van der Waals surface area contributed by atoms with Crippen LogP contribution in [0, 0.1) is 0 Å². The third kappa shape index (κ3) is 2.80. The molecule has 0 atom stereocenters. The molecule has 2 aliphatic rings. The van der Waals surface area contributed by atoms with Gasteiger partial charge >= 0.3 is 5.97 Å². The lowest BCUT2D eigenvalue weighted by Crippen LogP contribution is -2.11. The Balaban J connectivity index is 1.72. The van der Waals surface area contributed by atoms with Gasteiger partial charge in [0.2, 0.25) is 0 Å². The summed E-state index contributed by atoms with van der Waals surface area (Å²) >= 11 is 0. The minimum Gasteiger partial charge on any atom is -0.465 e. The molecule has 164 valence electrons. The Kier molecular flexibility index (Phi) is 4.53. The standard InChI is InChI=1S/C27H29N3O2/c1-32-27(31)18-11-12-20-23(15-18)30-14-6-13-29-16-22(28)19-9-5-10-21(25(19)29)26(30)24(20)17-7-3-2-4-8-17/h5,9-12,15-17H,2-4,6-8,13-14,28H2,1H3. The number of fused-ring (bicyclic) bond motifs is 4. The van der Waals surface area contributed by atoms with Gasteiger partial charge in [-0.15, -0.1) is 0 Å². The fourth-order valence-electron chi connectivity index (χ4n) is 6.10. The van der Waals surface area contributed by atoms with E-state index in [1.165, 1.54) is 66.9 Å². The van der Waals surface area contributed by atoms with Gasteiger partial charge in [-0.1, -0.05) is 43.5 Å². The number of hydrogen-bond acceptors (Lipinski definition) is 3. The van der Waals surface area contributed by atoms with Crippen LogP contribution in [0.15, 0.2) is 42.6 Å². The summed E-state index contributed by atoms with van der Waals surface area (Å²) in [7, 11) is 1.45. The van der Waals surface area contributed by atoms with Gasteiger partial charge < -0.3 is 19.6 Å². The topological polar surface area (TPSA) is 62.2 Å². The van der Waals surface area contributed by atoms with Crippen LogP contribution >= 0.6 is 0 Å². The molecule has 0 amide bonds. The summed E-state index contributed by atoms with van der Waals surface area (Å²) in [5, 5.41) is 2.41. The molecule has 0 saturated heterocycles. The molecule has 2 aromatic heterocycles. The molecule has 2 aromatic carbocycles. The first-order chi connectivity index (χ1) is 15.7. The highest BCUT2D eigenvalue weighted by Gasteiger charge is 2.29. The summed E-state index contributed by atoms with van der Waals surface area (Å²) in [5.74, 6) is 0.262. The molecule has 0 radical (unpaired) electrons. The Morgan fingerprint density at radius 3 is 2.69 bits per heavy atom. The predicted octanol–water partition coefficient (Wildman–Crippen LogP) is 6.08. The van der Waals surface area contributed by atoms with Crippen LogP contribution in [0.4, 0.5) is 5.69 Å². The number of nitrogen functional groups attached to an aromatic ring is 1. The fourth-order valence-corrected chi connectivity index (χ4v) is 6.10. The molecule has 1 aliphatic heterocycles. The quantitative estimate of drug-likeness (QED) is 0.394. The lowest BCUT2D eigenvalue weighted by molar-refractivity contribution is 0.0601. The average Bonchev–Trinajstić information content (AvgIpc) is 3.32. The summed E-state index contributed by atoms with van der Waals surface area (Å²) in [6.45, 7) is 1.84. The first kappa shape index (κ1) is 19.5. The van der Waals surface area contributed by atoms with Crippen molar-refractivity contribution in [2.24, 2.45) is 0 Å². The van der Waals surface area contributed by atoms with Crippen LogP contribution in [0.1, 0.15) is 60.4 Å². The van der Waals surface area contributed by atoms with Crippen molar-refractivity contribution in [1.82, 2.24) is 9.13 Å². The van der Waals surface area contributed by atoms with Crippen molar-refractivity contribution in [1.29, 1.82) is 0 Å². The molecule has 2 N–H and O–H groups in total. The van der Waals surface area contributed by atoms with Gasteiger partial charge in [0.25, 0.3) is 0 Å². The Morgan fingerprint density at radius 1 is 1.03 bits per heavy atom. The number of aromatic nitrogens is 2. The molecule has 0 unspecified atom stereocenters. The maximum Gasteiger partial charge on any atom is 0.337 e. The zero-order valence-electron chi connectivity index (χ0n) is 18.6. The van der Waals surface area contributed by atoms with Gasteiger partial charge in [0.1, 0.15) is 0 Å². The van der Waals surface area contributed by atoms with Crippen molar-refractivity contribution in [3.8, 4) is 11.3 Å². The third-order valence-electron chi connectivity index (χ3n) is 7.50. The number of carbonyl (C=O) groups is 1. The van der Waals surface area contributed by atoms with Crippen LogP contribution < -0.4 is 5.73 Å². The van der Waals surface area contributed by atoms with Crippen LogP contribution in [-0.4, -0.2) is 22.2 Å². The second-order valence-electron chi connectivity index (χ2n) is 9.31. The minimum atomic E-state index is -0.281. The van der Waals surface area contributed by atoms with E-state index < -0.39 is 0 Å². The monoisotopic (exact) mass is 427 g/mol. The summed E-state index contributed by atoms with van der Waals surface area (Å²) < 4.78 is 9.83. The van der Waals surface area contributed by atoms with Crippen molar-refractivity contribution in [2.45, 2.75) is 57.5 Å². The first-order valence-electron chi connectivity index (χ1n) is 11.8. The highest BCUT2D eigenvalue weighted by Crippen LogP contribution is 2.47. The summed E-state index contributed by atoms with van der Waals surface area (Å²) in [6.07, 6.45) is 9.46. The van der Waals surface area contributed by atoms with E-state index in [4.69, 9.17) is 10.5 Å². The second kappa shape index (κ2) is 7.44. The number of esters is 1. The number of para-hydroxylation sites is 1. The largest absolute Gasteiger partial charge is 0.465 e. The lowest BCUT2D eigenvalue weighted by atomic mass is 9.81. The molecule has 1 fully saturated rings. The van der Waals surface area contributed by atoms with Gasteiger partial charge in [-0.2, -0.15) is 0 Å². The second-order valence-corrected chi connectivity index (χ2v) is 9.31. The van der Waals surface area contributed by atoms with Crippen LogP contribution in [0.25, 0.3) is 33.1 Å². The van der Waals surface area contributed by atoms with Gasteiger partial charge in [-0.05, 0) is 42.9 Å². The van der Waals surface area contributed by atoms with Crippen LogP contribution in [0.2, 0.25) is 0 Å². The molecule has 32 heavy (non-hydrogen) atoms. The van der Waals surface area contributed by atoms with Crippen LogP contribution in [0.3, 0.4) is 0 Å². The highest BCUT2D eigenvalue weighted by atomic mass is 16.5. The van der Waals surface area contributed by atoms with E-state index in [1.54, 1.807) is 0 Å². The summed E-state index contributed by atoms with van der Waals surface area (Å²) in [5.41, 5.74) is 14.3. The van der Waals surface area contributed by atoms with Crippen molar-refractivity contribution >= 4 is 33.5 Å². The number of carbonyl (C=O) groups excluding carboxylic acids is 1. The lowest BCUT2D eigenvalue weighted by Gasteiger charge is -2.25. The van der Waals surface area contributed by atoms with E-state index in [2.05, 4.69) is 39.6 Å². The van der Waals surface area contributed by atoms with E-state index in [0.717, 1.165) is 36.1 Å². The number of methoxy groups -OCH3 is 1. The van der Waals surface area contributed by atoms with Crippen LogP contribution in [0.5, 0.6) is 0 Å². The van der Waals surface area contributed by atoms with E-state index in [9.17, 15) is 4.79 Å². The maximum absolute atomic E-state index is 12.3. The van der Waals surface area contributed by atoms with Gasteiger partial charge in [-0.3, -0.25) is 0 Å².